The molecule has 7 heteroatoms. The van der Waals surface area contributed by atoms with E-state index in [-0.39, 0.29) is 16.2 Å². The number of anilines is 1. The first-order chi connectivity index (χ1) is 14.1. The Bertz CT molecular complexity index is 1190. The molecule has 2 aromatic rings. The molecule has 0 saturated carbocycles. The van der Waals surface area contributed by atoms with E-state index in [2.05, 4.69) is 60.2 Å². The molecule has 5 nitrogen and oxygen atoms in total. The van der Waals surface area contributed by atoms with Gasteiger partial charge in [0.2, 0.25) is 0 Å². The van der Waals surface area contributed by atoms with Crippen LogP contribution in [0.3, 0.4) is 0 Å². The van der Waals surface area contributed by atoms with Gasteiger partial charge in [-0.05, 0) is 55.3 Å². The number of benzene rings is 2. The lowest BCUT2D eigenvalue weighted by Crippen LogP contribution is -2.54. The minimum atomic E-state index is -0.509. The number of thioether (sulfide) groups is 1. The highest BCUT2D eigenvalue weighted by Crippen LogP contribution is 2.57. The molecule has 0 bridgehead atoms. The highest BCUT2D eigenvalue weighted by molar-refractivity contribution is 9.10. The fourth-order valence-corrected chi connectivity index (χ4v) is 6.39. The van der Waals surface area contributed by atoms with Crippen LogP contribution >= 0.6 is 27.7 Å². The van der Waals surface area contributed by atoms with Crippen LogP contribution in [0.4, 0.5) is 10.5 Å². The van der Waals surface area contributed by atoms with E-state index in [9.17, 15) is 14.4 Å². The van der Waals surface area contributed by atoms with Crippen molar-refractivity contribution in [3.63, 3.8) is 0 Å². The van der Waals surface area contributed by atoms with Gasteiger partial charge in [0, 0.05) is 21.0 Å². The molecule has 0 spiro atoms. The van der Waals surface area contributed by atoms with Gasteiger partial charge in [0.15, 0.2) is 0 Å². The van der Waals surface area contributed by atoms with Crippen LogP contribution in [0.25, 0.3) is 5.57 Å². The minimum absolute atomic E-state index is 0.178. The highest BCUT2D eigenvalue weighted by Gasteiger charge is 2.54. The maximum Gasteiger partial charge on any atom is 0.290 e. The van der Waals surface area contributed by atoms with Gasteiger partial charge in [-0.3, -0.25) is 19.7 Å². The first-order valence-corrected chi connectivity index (χ1v) is 11.3. The lowest BCUT2D eigenvalue weighted by atomic mass is 9.65. The third-order valence-corrected chi connectivity index (χ3v) is 7.56. The van der Waals surface area contributed by atoms with Gasteiger partial charge >= 0.3 is 0 Å². The van der Waals surface area contributed by atoms with Gasteiger partial charge in [0.1, 0.15) is 0 Å². The normalized spacial score (nSPS) is 26.8. The number of imide groups is 1. The summed E-state index contributed by atoms with van der Waals surface area (Å²) < 4.78 is 0.834. The van der Waals surface area contributed by atoms with E-state index in [1.807, 2.05) is 29.2 Å². The molecular weight excluding hydrogens is 464 g/mol. The van der Waals surface area contributed by atoms with Crippen LogP contribution in [0.2, 0.25) is 0 Å². The average molecular weight is 483 g/mol. The molecule has 1 fully saturated rings. The smallest absolute Gasteiger partial charge is 0.290 e. The van der Waals surface area contributed by atoms with Crippen molar-refractivity contribution in [2.75, 3.05) is 4.90 Å². The molecule has 3 amide bonds. The number of carbonyl (C=O) groups excluding carboxylic acids is 3. The Labute approximate surface area is 187 Å². The molecule has 3 aliphatic rings. The number of nitrogens with zero attached hydrogens (tertiary/aromatic N) is 1. The summed E-state index contributed by atoms with van der Waals surface area (Å²) in [5, 5.41) is 1.83. The molecule has 1 unspecified atom stereocenters. The molecule has 1 saturated heterocycles. The number of rotatable bonds is 1. The van der Waals surface area contributed by atoms with E-state index in [0.29, 0.717) is 11.1 Å². The predicted octanol–water partition coefficient (Wildman–Crippen LogP) is 4.98. The molecule has 0 radical (unpaired) electrons. The van der Waals surface area contributed by atoms with Crippen molar-refractivity contribution in [1.29, 1.82) is 0 Å². The topological polar surface area (TPSA) is 66.5 Å². The number of hydrogen-bond donors (Lipinski definition) is 1. The summed E-state index contributed by atoms with van der Waals surface area (Å²) >= 11 is 4.41. The Balaban J connectivity index is 1.86. The molecule has 152 valence electrons. The number of nitrogens with one attached hydrogen (secondary N) is 1. The molecule has 1 atom stereocenters. The zero-order valence-electron chi connectivity index (χ0n) is 16.7. The second kappa shape index (κ2) is 6.31. The fraction of sp³-hybridized carbons (Fsp3) is 0.261. The standard InChI is InChI=1S/C23H19BrN2O3S/c1-22(2)11-23(3,12-7-5-4-6-8-12)15-10-13(24)9-14-16(20(28)26(22)17(14)15)18-19(27)25-21(29)30-18/h4-10H,11H2,1-3H3,(H,25,27,29). The average Bonchev–Trinajstić information content (AvgIpc) is 3.15. The van der Waals surface area contributed by atoms with Crippen molar-refractivity contribution >= 4 is 56.0 Å². The first kappa shape index (κ1) is 19.6. The van der Waals surface area contributed by atoms with Gasteiger partial charge in [-0.15, -0.1) is 0 Å². The van der Waals surface area contributed by atoms with Gasteiger partial charge in [-0.2, -0.15) is 0 Å². The maximum absolute atomic E-state index is 13.6. The molecule has 0 aromatic heterocycles. The maximum atomic E-state index is 13.6. The minimum Gasteiger partial charge on any atom is -0.302 e. The van der Waals surface area contributed by atoms with Crippen LogP contribution in [0.15, 0.2) is 51.8 Å². The summed E-state index contributed by atoms with van der Waals surface area (Å²) in [5.41, 5.74) is 3.25. The number of carbonyl (C=O) groups is 3. The molecule has 30 heavy (non-hydrogen) atoms. The Kier molecular flexibility index (Phi) is 4.12. The molecule has 1 N–H and O–H groups in total. The van der Waals surface area contributed by atoms with Crippen molar-refractivity contribution in [3.8, 4) is 0 Å². The number of hydrogen-bond acceptors (Lipinski definition) is 4. The number of amides is 3. The fourth-order valence-electron chi connectivity index (χ4n) is 5.16. The van der Waals surface area contributed by atoms with E-state index in [1.165, 1.54) is 5.56 Å². The van der Waals surface area contributed by atoms with E-state index in [0.717, 1.165) is 33.9 Å². The van der Waals surface area contributed by atoms with Crippen LogP contribution in [-0.4, -0.2) is 22.6 Å². The Morgan fingerprint density at radius 1 is 1.07 bits per heavy atom. The van der Waals surface area contributed by atoms with Crippen molar-refractivity contribution in [2.24, 2.45) is 0 Å². The molecule has 3 heterocycles. The monoisotopic (exact) mass is 482 g/mol. The van der Waals surface area contributed by atoms with Crippen LogP contribution in [0.1, 0.15) is 43.9 Å². The van der Waals surface area contributed by atoms with Crippen LogP contribution in [-0.2, 0) is 15.0 Å². The molecule has 5 rings (SSSR count). The summed E-state index contributed by atoms with van der Waals surface area (Å²) in [4.78, 5) is 39.9. The van der Waals surface area contributed by atoms with Gasteiger partial charge in [-0.25, -0.2) is 0 Å². The summed E-state index contributed by atoms with van der Waals surface area (Å²) in [7, 11) is 0. The van der Waals surface area contributed by atoms with Gasteiger partial charge < -0.3 is 4.90 Å². The third-order valence-electron chi connectivity index (χ3n) is 6.23. The molecule has 0 aliphatic carbocycles. The van der Waals surface area contributed by atoms with Crippen LogP contribution in [0.5, 0.6) is 0 Å². The lowest BCUT2D eigenvalue weighted by Gasteiger charge is -2.49. The zero-order chi connectivity index (χ0) is 21.4. The first-order valence-electron chi connectivity index (χ1n) is 9.65. The predicted molar refractivity (Wildman–Crippen MR) is 121 cm³/mol. The molecule has 3 aliphatic heterocycles. The van der Waals surface area contributed by atoms with Crippen molar-refractivity contribution in [1.82, 2.24) is 5.32 Å². The second-order valence-electron chi connectivity index (χ2n) is 8.73. The van der Waals surface area contributed by atoms with Gasteiger partial charge in [0.05, 0.1) is 16.2 Å². The van der Waals surface area contributed by atoms with Crippen LogP contribution < -0.4 is 10.2 Å². The lowest BCUT2D eigenvalue weighted by molar-refractivity contribution is -0.116. The van der Waals surface area contributed by atoms with Gasteiger partial charge in [-0.1, -0.05) is 53.2 Å². The second-order valence-corrected chi connectivity index (χ2v) is 10.6. The van der Waals surface area contributed by atoms with Crippen molar-refractivity contribution in [3.05, 3.63) is 68.5 Å². The summed E-state index contributed by atoms with van der Waals surface area (Å²) in [5.74, 6) is -0.734. The Morgan fingerprint density at radius 3 is 2.40 bits per heavy atom. The Morgan fingerprint density at radius 2 is 1.77 bits per heavy atom. The Hall–Kier alpha value is -2.38. The van der Waals surface area contributed by atoms with E-state index in [1.54, 1.807) is 0 Å². The van der Waals surface area contributed by atoms with Crippen LogP contribution in [0, 0.1) is 0 Å². The van der Waals surface area contributed by atoms with Gasteiger partial charge in [0.25, 0.3) is 17.1 Å². The summed E-state index contributed by atoms with van der Waals surface area (Å²) in [6, 6.07) is 14.2. The van der Waals surface area contributed by atoms with E-state index < -0.39 is 16.7 Å². The quantitative estimate of drug-likeness (QED) is 0.582. The van der Waals surface area contributed by atoms with E-state index >= 15 is 0 Å². The SMILES string of the molecule is CC1(c2ccccc2)CC(C)(C)N2C(=O)C(=C3SC(=O)NC3=O)c3cc(Br)cc1c32. The third kappa shape index (κ3) is 2.58. The number of halogens is 1. The molecule has 2 aromatic carbocycles. The van der Waals surface area contributed by atoms with Crippen molar-refractivity contribution < 1.29 is 14.4 Å². The summed E-state index contributed by atoms with van der Waals surface area (Å²) in [6.07, 6.45) is 0.722. The van der Waals surface area contributed by atoms with Crippen molar-refractivity contribution in [2.45, 2.75) is 38.1 Å². The largest absolute Gasteiger partial charge is 0.302 e. The van der Waals surface area contributed by atoms with E-state index in [4.69, 9.17) is 0 Å². The highest BCUT2D eigenvalue weighted by atomic mass is 79.9. The zero-order valence-corrected chi connectivity index (χ0v) is 19.1. The summed E-state index contributed by atoms with van der Waals surface area (Å²) in [6.45, 7) is 6.32. The molecular formula is C23H19BrN2O3S.